The third kappa shape index (κ3) is 6.80. The van der Waals surface area contributed by atoms with Gasteiger partial charge in [0.1, 0.15) is 17.5 Å². The standard InChI is InChI=1S/C28H26ClN3O3/c1-34-26-18-22(13-14-25(26)35-20-21-8-3-2-4-9-21)19-32(17-15-23-10-5-6-16-30-23)28(33)24-11-7-12-27(29)31-24/h2-14,16,18H,15,17,19-20H2,1H3. The molecule has 6 nitrogen and oxygen atoms in total. The predicted molar refractivity (Wildman–Crippen MR) is 136 cm³/mol. The fraction of sp³-hybridized carbons (Fsp3) is 0.179. The number of benzene rings is 2. The molecule has 0 aliphatic rings. The van der Waals surface area contributed by atoms with Gasteiger partial charge in [0, 0.05) is 31.4 Å². The Kier molecular flexibility index (Phi) is 8.30. The van der Waals surface area contributed by atoms with Crippen LogP contribution in [0.15, 0.2) is 91.1 Å². The van der Waals surface area contributed by atoms with Gasteiger partial charge in [-0.3, -0.25) is 9.78 Å². The molecule has 0 radical (unpaired) electrons. The zero-order chi connectivity index (χ0) is 24.5. The third-order valence-corrected chi connectivity index (χ3v) is 5.63. The van der Waals surface area contributed by atoms with Crippen LogP contribution in [0.4, 0.5) is 0 Å². The Labute approximate surface area is 210 Å². The van der Waals surface area contributed by atoms with Gasteiger partial charge in [0.2, 0.25) is 0 Å². The van der Waals surface area contributed by atoms with Crippen LogP contribution in [0, 0.1) is 0 Å². The molecule has 0 saturated carbocycles. The van der Waals surface area contributed by atoms with E-state index in [0.717, 1.165) is 16.8 Å². The predicted octanol–water partition coefficient (Wildman–Crippen LogP) is 5.60. The summed E-state index contributed by atoms with van der Waals surface area (Å²) in [5, 5.41) is 0.280. The van der Waals surface area contributed by atoms with Crippen molar-refractivity contribution in [2.75, 3.05) is 13.7 Å². The number of hydrogen-bond acceptors (Lipinski definition) is 5. The summed E-state index contributed by atoms with van der Waals surface area (Å²) in [4.78, 5) is 23.7. The molecule has 2 aromatic heterocycles. The zero-order valence-electron chi connectivity index (χ0n) is 19.4. The minimum atomic E-state index is -0.202. The van der Waals surface area contributed by atoms with Gasteiger partial charge >= 0.3 is 0 Å². The largest absolute Gasteiger partial charge is 0.493 e. The summed E-state index contributed by atoms with van der Waals surface area (Å²) in [5.74, 6) is 1.05. The highest BCUT2D eigenvalue weighted by atomic mass is 35.5. The first-order chi connectivity index (χ1) is 17.1. The lowest BCUT2D eigenvalue weighted by atomic mass is 10.1. The van der Waals surface area contributed by atoms with Gasteiger partial charge in [-0.15, -0.1) is 0 Å². The van der Waals surface area contributed by atoms with Crippen LogP contribution < -0.4 is 9.47 Å². The highest BCUT2D eigenvalue weighted by molar-refractivity contribution is 6.29. The normalized spacial score (nSPS) is 10.6. The lowest BCUT2D eigenvalue weighted by molar-refractivity contribution is 0.0738. The molecule has 0 fully saturated rings. The number of carbonyl (C=O) groups is 1. The number of halogens is 1. The Morgan fingerprint density at radius 3 is 2.49 bits per heavy atom. The molecular weight excluding hydrogens is 462 g/mol. The Morgan fingerprint density at radius 1 is 0.914 bits per heavy atom. The maximum absolute atomic E-state index is 13.3. The van der Waals surface area contributed by atoms with Crippen LogP contribution in [-0.2, 0) is 19.6 Å². The average Bonchev–Trinajstić information content (AvgIpc) is 2.91. The molecule has 0 atom stereocenters. The highest BCUT2D eigenvalue weighted by Gasteiger charge is 2.19. The molecule has 178 valence electrons. The molecule has 0 bridgehead atoms. The van der Waals surface area contributed by atoms with Crippen LogP contribution >= 0.6 is 11.6 Å². The SMILES string of the molecule is COc1cc(CN(CCc2ccccn2)C(=O)c2cccc(Cl)n2)ccc1OCc1ccccc1. The van der Waals surface area contributed by atoms with E-state index in [2.05, 4.69) is 9.97 Å². The van der Waals surface area contributed by atoms with E-state index in [1.54, 1.807) is 36.4 Å². The van der Waals surface area contributed by atoms with Crippen molar-refractivity contribution >= 4 is 17.5 Å². The number of ether oxygens (including phenoxy) is 2. The van der Waals surface area contributed by atoms with Crippen LogP contribution in [0.2, 0.25) is 5.15 Å². The molecule has 1 amide bonds. The van der Waals surface area contributed by atoms with Gasteiger partial charge in [-0.1, -0.05) is 60.1 Å². The second-order valence-corrected chi connectivity index (χ2v) is 8.29. The Hall–Kier alpha value is -3.90. The van der Waals surface area contributed by atoms with Crippen molar-refractivity contribution < 1.29 is 14.3 Å². The average molecular weight is 488 g/mol. The molecule has 2 heterocycles. The Bertz CT molecular complexity index is 1250. The van der Waals surface area contributed by atoms with Crippen molar-refractivity contribution in [1.29, 1.82) is 0 Å². The third-order valence-electron chi connectivity index (χ3n) is 5.42. The Morgan fingerprint density at radius 2 is 1.74 bits per heavy atom. The number of aromatic nitrogens is 2. The lowest BCUT2D eigenvalue weighted by Crippen LogP contribution is -2.33. The van der Waals surface area contributed by atoms with E-state index in [4.69, 9.17) is 21.1 Å². The molecular formula is C28H26ClN3O3. The van der Waals surface area contributed by atoms with Gasteiger partial charge in [-0.25, -0.2) is 4.98 Å². The lowest BCUT2D eigenvalue weighted by Gasteiger charge is -2.23. The molecule has 0 saturated heterocycles. The number of rotatable bonds is 10. The Balaban J connectivity index is 1.52. The van der Waals surface area contributed by atoms with Crippen molar-refractivity contribution in [3.8, 4) is 11.5 Å². The fourth-order valence-corrected chi connectivity index (χ4v) is 3.79. The number of nitrogens with zero attached hydrogens (tertiary/aromatic N) is 3. The van der Waals surface area contributed by atoms with Gasteiger partial charge < -0.3 is 14.4 Å². The van der Waals surface area contributed by atoms with Crippen LogP contribution in [0.3, 0.4) is 0 Å². The minimum absolute atomic E-state index is 0.202. The van der Waals surface area contributed by atoms with Crippen LogP contribution in [0.25, 0.3) is 0 Å². The van der Waals surface area contributed by atoms with Crippen LogP contribution in [0.1, 0.15) is 27.3 Å². The second-order valence-electron chi connectivity index (χ2n) is 7.90. The molecule has 7 heteroatoms. The molecule has 0 aliphatic heterocycles. The van der Waals surface area contributed by atoms with E-state index in [1.165, 1.54) is 0 Å². The monoisotopic (exact) mass is 487 g/mol. The van der Waals surface area contributed by atoms with E-state index in [1.807, 2.05) is 66.7 Å². The first-order valence-electron chi connectivity index (χ1n) is 11.3. The molecule has 35 heavy (non-hydrogen) atoms. The quantitative estimate of drug-likeness (QED) is 0.272. The van der Waals surface area contributed by atoms with Gasteiger partial charge in [0.15, 0.2) is 11.5 Å². The molecule has 0 aliphatic carbocycles. The first-order valence-corrected chi connectivity index (χ1v) is 11.7. The number of hydrogen-bond donors (Lipinski definition) is 0. The summed E-state index contributed by atoms with van der Waals surface area (Å²) >= 11 is 6.04. The molecule has 0 unspecified atom stereocenters. The summed E-state index contributed by atoms with van der Waals surface area (Å²) in [6.45, 7) is 1.28. The van der Waals surface area contributed by atoms with Crippen molar-refractivity contribution in [2.45, 2.75) is 19.6 Å². The summed E-state index contributed by atoms with van der Waals surface area (Å²) in [6, 6.07) is 26.4. The first kappa shape index (κ1) is 24.2. The van der Waals surface area contributed by atoms with Gasteiger partial charge in [0.25, 0.3) is 5.91 Å². The van der Waals surface area contributed by atoms with Crippen molar-refractivity contribution in [2.24, 2.45) is 0 Å². The number of amides is 1. The number of carbonyl (C=O) groups excluding carboxylic acids is 1. The summed E-state index contributed by atoms with van der Waals surface area (Å²) < 4.78 is 11.5. The van der Waals surface area contributed by atoms with Crippen molar-refractivity contribution in [1.82, 2.24) is 14.9 Å². The summed E-state index contributed by atoms with van der Waals surface area (Å²) in [5.41, 5.74) is 3.18. The maximum atomic E-state index is 13.3. The minimum Gasteiger partial charge on any atom is -0.493 e. The van der Waals surface area contributed by atoms with Gasteiger partial charge in [-0.05, 0) is 47.5 Å². The van der Waals surface area contributed by atoms with E-state index >= 15 is 0 Å². The second kappa shape index (κ2) is 12.0. The van der Waals surface area contributed by atoms with Gasteiger partial charge in [0.05, 0.1) is 7.11 Å². The zero-order valence-corrected chi connectivity index (χ0v) is 20.2. The van der Waals surface area contributed by atoms with Crippen LogP contribution in [0.5, 0.6) is 11.5 Å². The van der Waals surface area contributed by atoms with E-state index in [0.29, 0.717) is 43.3 Å². The maximum Gasteiger partial charge on any atom is 0.272 e. The summed E-state index contributed by atoms with van der Waals surface area (Å²) in [7, 11) is 1.61. The van der Waals surface area contributed by atoms with E-state index in [9.17, 15) is 4.79 Å². The van der Waals surface area contributed by atoms with Crippen molar-refractivity contribution in [3.63, 3.8) is 0 Å². The van der Waals surface area contributed by atoms with Crippen LogP contribution in [-0.4, -0.2) is 34.4 Å². The fourth-order valence-electron chi connectivity index (χ4n) is 3.62. The number of pyridine rings is 2. The van der Waals surface area contributed by atoms with Crippen molar-refractivity contribution in [3.05, 3.63) is 119 Å². The molecule has 2 aromatic carbocycles. The molecule has 0 N–H and O–H groups in total. The van der Waals surface area contributed by atoms with E-state index in [-0.39, 0.29) is 11.1 Å². The molecule has 0 spiro atoms. The molecule has 4 aromatic rings. The molecule has 4 rings (SSSR count). The van der Waals surface area contributed by atoms with Gasteiger partial charge in [-0.2, -0.15) is 0 Å². The van der Waals surface area contributed by atoms with E-state index < -0.39 is 0 Å². The highest BCUT2D eigenvalue weighted by Crippen LogP contribution is 2.29. The smallest absolute Gasteiger partial charge is 0.272 e. The number of methoxy groups -OCH3 is 1. The summed E-state index contributed by atoms with van der Waals surface area (Å²) in [6.07, 6.45) is 2.36. The topological polar surface area (TPSA) is 64.5 Å².